The van der Waals surface area contributed by atoms with Gasteiger partial charge < -0.3 is 15.3 Å². The molecule has 0 heterocycles. The van der Waals surface area contributed by atoms with Crippen LogP contribution in [-0.4, -0.2) is 48.2 Å². The Balaban J connectivity index is 3.97. The van der Waals surface area contributed by atoms with Crippen LogP contribution in [0.1, 0.15) is 27.7 Å². The Morgan fingerprint density at radius 3 is 2.27 bits per heavy atom. The summed E-state index contributed by atoms with van der Waals surface area (Å²) in [6, 6.07) is -0.168. The molecule has 0 aliphatic carbocycles. The molecule has 2 N–H and O–H groups in total. The average Bonchev–Trinajstić information content (AvgIpc) is 2.26. The maximum absolute atomic E-state index is 11.8. The van der Waals surface area contributed by atoms with E-state index < -0.39 is 0 Å². The molecule has 0 bridgehead atoms. The first-order valence-electron chi connectivity index (χ1n) is 5.69. The Kier molecular flexibility index (Phi) is 7.34. The molecule has 4 heteroatoms. The van der Waals surface area contributed by atoms with Gasteiger partial charge in [0.25, 0.3) is 0 Å². The number of nitrogens with one attached hydrogen (secondary N) is 1. The van der Waals surface area contributed by atoms with E-state index in [1.165, 1.54) is 0 Å². The number of hydrogen-bond donors (Lipinski definition) is 2. The van der Waals surface area contributed by atoms with Crippen LogP contribution in [-0.2, 0) is 4.79 Å². The van der Waals surface area contributed by atoms with E-state index in [2.05, 4.69) is 5.32 Å². The number of nitrogens with zero attached hydrogens (tertiary/aromatic N) is 1. The topological polar surface area (TPSA) is 52.6 Å². The highest BCUT2D eigenvalue weighted by molar-refractivity contribution is 5.81. The van der Waals surface area contributed by atoms with Crippen molar-refractivity contribution < 1.29 is 9.90 Å². The van der Waals surface area contributed by atoms with Gasteiger partial charge in [-0.15, -0.1) is 0 Å². The fourth-order valence-corrected chi connectivity index (χ4v) is 1.34. The van der Waals surface area contributed by atoms with E-state index in [1.54, 1.807) is 4.90 Å². The second-order valence-electron chi connectivity index (χ2n) is 3.93. The summed E-state index contributed by atoms with van der Waals surface area (Å²) in [5.74, 6) is 0.321. The number of hydrogen-bond acceptors (Lipinski definition) is 3. The van der Waals surface area contributed by atoms with E-state index in [0.29, 0.717) is 6.54 Å². The van der Waals surface area contributed by atoms with Crippen molar-refractivity contribution in [1.29, 1.82) is 0 Å². The average molecular weight is 216 g/mol. The molecule has 90 valence electrons. The Bertz CT molecular complexity index is 181. The smallest absolute Gasteiger partial charge is 0.239 e. The molecule has 0 aromatic heterocycles. The fourth-order valence-electron chi connectivity index (χ4n) is 1.34. The van der Waals surface area contributed by atoms with Crippen LogP contribution in [0, 0.1) is 5.92 Å². The number of aliphatic hydroxyl groups excluding tert-OH is 1. The molecule has 0 fully saturated rings. The number of aliphatic hydroxyl groups is 1. The van der Waals surface area contributed by atoms with Crippen LogP contribution in [0.25, 0.3) is 0 Å². The Morgan fingerprint density at radius 2 is 1.87 bits per heavy atom. The lowest BCUT2D eigenvalue weighted by atomic mass is 10.2. The molecule has 1 amide bonds. The maximum Gasteiger partial charge on any atom is 0.239 e. The van der Waals surface area contributed by atoms with Crippen molar-refractivity contribution in [2.75, 3.05) is 26.2 Å². The highest BCUT2D eigenvalue weighted by Gasteiger charge is 2.17. The van der Waals surface area contributed by atoms with E-state index in [-0.39, 0.29) is 24.5 Å². The summed E-state index contributed by atoms with van der Waals surface area (Å²) >= 11 is 0. The summed E-state index contributed by atoms with van der Waals surface area (Å²) in [5.41, 5.74) is 0. The van der Waals surface area contributed by atoms with Crippen LogP contribution in [0.2, 0.25) is 0 Å². The van der Waals surface area contributed by atoms with Crippen LogP contribution < -0.4 is 5.32 Å². The minimum absolute atomic E-state index is 0.130. The number of amides is 1. The lowest BCUT2D eigenvalue weighted by Crippen LogP contribution is -2.46. The van der Waals surface area contributed by atoms with Crippen LogP contribution in [0.5, 0.6) is 0 Å². The zero-order valence-electron chi connectivity index (χ0n) is 10.3. The first-order chi connectivity index (χ1) is 7.06. The molecule has 0 aliphatic rings. The predicted octanol–water partition coefficient (Wildman–Crippen LogP) is 0.461. The monoisotopic (exact) mass is 216 g/mol. The SMILES string of the molecule is CCN(CC)C(=O)C(C)NCC(C)CO. The molecule has 0 saturated heterocycles. The van der Waals surface area contributed by atoms with Crippen molar-refractivity contribution in [1.82, 2.24) is 10.2 Å². The van der Waals surface area contributed by atoms with Gasteiger partial charge in [0.05, 0.1) is 6.04 Å². The molecular formula is C11H24N2O2. The van der Waals surface area contributed by atoms with Gasteiger partial charge in [0.2, 0.25) is 5.91 Å². The third-order valence-corrected chi connectivity index (χ3v) is 2.53. The van der Waals surface area contributed by atoms with Gasteiger partial charge in [-0.3, -0.25) is 4.79 Å². The standard InChI is InChI=1S/C11H24N2O2/c1-5-13(6-2)11(15)10(4)12-7-9(3)8-14/h9-10,12,14H,5-8H2,1-4H3. The van der Waals surface area contributed by atoms with Crippen molar-refractivity contribution in [2.24, 2.45) is 5.92 Å². The molecule has 0 aromatic rings. The number of carbonyl (C=O) groups excluding carboxylic acids is 1. The zero-order valence-corrected chi connectivity index (χ0v) is 10.3. The molecule has 0 aromatic carbocycles. The quantitative estimate of drug-likeness (QED) is 0.650. The van der Waals surface area contributed by atoms with Gasteiger partial charge in [-0.1, -0.05) is 6.92 Å². The second kappa shape index (κ2) is 7.65. The van der Waals surface area contributed by atoms with Gasteiger partial charge in [0, 0.05) is 26.2 Å². The highest BCUT2D eigenvalue weighted by Crippen LogP contribution is 1.96. The first kappa shape index (κ1) is 14.4. The van der Waals surface area contributed by atoms with E-state index in [9.17, 15) is 4.79 Å². The summed E-state index contributed by atoms with van der Waals surface area (Å²) in [4.78, 5) is 13.6. The normalized spacial score (nSPS) is 14.7. The number of rotatable bonds is 7. The molecule has 15 heavy (non-hydrogen) atoms. The van der Waals surface area contributed by atoms with E-state index in [1.807, 2.05) is 27.7 Å². The molecule has 2 atom stereocenters. The number of likely N-dealkylation sites (N-methyl/N-ethyl adjacent to an activating group) is 1. The lowest BCUT2D eigenvalue weighted by molar-refractivity contribution is -0.132. The van der Waals surface area contributed by atoms with E-state index in [4.69, 9.17) is 5.11 Å². The predicted molar refractivity (Wildman–Crippen MR) is 61.6 cm³/mol. The van der Waals surface area contributed by atoms with Gasteiger partial charge in [-0.25, -0.2) is 0 Å². The van der Waals surface area contributed by atoms with Crippen molar-refractivity contribution in [2.45, 2.75) is 33.7 Å². The van der Waals surface area contributed by atoms with Crippen LogP contribution in [0.4, 0.5) is 0 Å². The van der Waals surface area contributed by atoms with Crippen molar-refractivity contribution in [3.63, 3.8) is 0 Å². The Hall–Kier alpha value is -0.610. The molecule has 4 nitrogen and oxygen atoms in total. The second-order valence-corrected chi connectivity index (χ2v) is 3.93. The third-order valence-electron chi connectivity index (χ3n) is 2.53. The van der Waals surface area contributed by atoms with E-state index >= 15 is 0 Å². The van der Waals surface area contributed by atoms with E-state index in [0.717, 1.165) is 13.1 Å². The van der Waals surface area contributed by atoms with Crippen LogP contribution >= 0.6 is 0 Å². The van der Waals surface area contributed by atoms with Gasteiger partial charge in [-0.05, 0) is 26.7 Å². The van der Waals surface area contributed by atoms with Gasteiger partial charge in [0.1, 0.15) is 0 Å². The molecule has 0 spiro atoms. The minimum atomic E-state index is -0.168. The van der Waals surface area contributed by atoms with Crippen LogP contribution in [0.3, 0.4) is 0 Å². The molecule has 0 aliphatic heterocycles. The highest BCUT2D eigenvalue weighted by atomic mass is 16.3. The van der Waals surface area contributed by atoms with Crippen molar-refractivity contribution >= 4 is 5.91 Å². The molecule has 0 rings (SSSR count). The molecule has 0 saturated carbocycles. The molecule has 2 unspecified atom stereocenters. The summed E-state index contributed by atoms with van der Waals surface area (Å²) in [7, 11) is 0. The van der Waals surface area contributed by atoms with Crippen molar-refractivity contribution in [3.8, 4) is 0 Å². The van der Waals surface area contributed by atoms with Gasteiger partial charge in [-0.2, -0.15) is 0 Å². The Morgan fingerprint density at radius 1 is 1.33 bits per heavy atom. The fraction of sp³-hybridized carbons (Fsp3) is 0.909. The number of carbonyl (C=O) groups is 1. The summed E-state index contributed by atoms with van der Waals surface area (Å²) < 4.78 is 0. The largest absolute Gasteiger partial charge is 0.396 e. The lowest BCUT2D eigenvalue weighted by Gasteiger charge is -2.24. The van der Waals surface area contributed by atoms with Gasteiger partial charge in [0.15, 0.2) is 0 Å². The zero-order chi connectivity index (χ0) is 11.8. The summed E-state index contributed by atoms with van der Waals surface area (Å²) in [6.07, 6.45) is 0. The van der Waals surface area contributed by atoms with Crippen LogP contribution in [0.15, 0.2) is 0 Å². The van der Waals surface area contributed by atoms with Gasteiger partial charge >= 0.3 is 0 Å². The summed E-state index contributed by atoms with van der Waals surface area (Å²) in [6.45, 7) is 10.1. The first-order valence-corrected chi connectivity index (χ1v) is 5.69. The third kappa shape index (κ3) is 5.14. The molecular weight excluding hydrogens is 192 g/mol. The Labute approximate surface area is 92.7 Å². The maximum atomic E-state index is 11.8. The molecule has 0 radical (unpaired) electrons. The minimum Gasteiger partial charge on any atom is -0.396 e. The summed E-state index contributed by atoms with van der Waals surface area (Å²) in [5, 5.41) is 12.0. The van der Waals surface area contributed by atoms with Crippen molar-refractivity contribution in [3.05, 3.63) is 0 Å².